The number of hydrogen-bond acceptors (Lipinski definition) is 6. The van der Waals surface area contributed by atoms with Gasteiger partial charge in [-0.25, -0.2) is 0 Å². The van der Waals surface area contributed by atoms with E-state index in [0.29, 0.717) is 18.3 Å². The van der Waals surface area contributed by atoms with E-state index in [2.05, 4.69) is 15.0 Å². The number of nitrogens with two attached hydrogens (primary N) is 1. The summed E-state index contributed by atoms with van der Waals surface area (Å²) in [7, 11) is 2.04. The van der Waals surface area contributed by atoms with Crippen LogP contribution >= 0.6 is 0 Å². The molecular formula is C9H16N4O2. The highest BCUT2D eigenvalue weighted by Crippen LogP contribution is 2.19. The number of hydrogen-bond donors (Lipinski definition) is 1. The van der Waals surface area contributed by atoms with Gasteiger partial charge in [-0.1, -0.05) is 5.16 Å². The van der Waals surface area contributed by atoms with Crippen molar-refractivity contribution in [3.8, 4) is 0 Å². The zero-order valence-corrected chi connectivity index (χ0v) is 9.01. The molecule has 0 saturated carbocycles. The molecule has 2 atom stereocenters. The maximum atomic E-state index is 5.64. The summed E-state index contributed by atoms with van der Waals surface area (Å²) in [6.07, 6.45) is -0.0972. The highest BCUT2D eigenvalue weighted by Gasteiger charge is 2.24. The number of ether oxygens (including phenoxy) is 1. The minimum atomic E-state index is -0.229. The third-order valence-electron chi connectivity index (χ3n) is 2.40. The van der Waals surface area contributed by atoms with E-state index in [1.54, 1.807) is 0 Å². The first-order valence-electron chi connectivity index (χ1n) is 5.06. The second-order valence-electron chi connectivity index (χ2n) is 3.90. The molecular weight excluding hydrogens is 196 g/mol. The molecule has 1 fully saturated rings. The van der Waals surface area contributed by atoms with Gasteiger partial charge in [-0.2, -0.15) is 4.98 Å². The molecule has 0 radical (unpaired) electrons. The first-order chi connectivity index (χ1) is 7.16. The van der Waals surface area contributed by atoms with Crippen molar-refractivity contribution >= 4 is 0 Å². The normalized spacial score (nSPS) is 25.4. The second-order valence-corrected chi connectivity index (χ2v) is 3.90. The molecule has 1 unspecified atom stereocenters. The van der Waals surface area contributed by atoms with Crippen molar-refractivity contribution < 1.29 is 9.26 Å². The number of nitrogens with zero attached hydrogens (tertiary/aromatic N) is 3. The molecule has 0 aliphatic carbocycles. The Bertz CT molecular complexity index is 326. The summed E-state index contributed by atoms with van der Waals surface area (Å²) >= 11 is 0. The van der Waals surface area contributed by atoms with Gasteiger partial charge >= 0.3 is 0 Å². The zero-order chi connectivity index (χ0) is 10.8. The van der Waals surface area contributed by atoms with Crippen LogP contribution in [-0.2, 0) is 4.74 Å². The first kappa shape index (κ1) is 10.5. The Hall–Kier alpha value is -0.980. The van der Waals surface area contributed by atoms with Crippen LogP contribution in [-0.4, -0.2) is 41.8 Å². The van der Waals surface area contributed by atoms with Gasteiger partial charge in [0.15, 0.2) is 0 Å². The van der Waals surface area contributed by atoms with Crippen LogP contribution in [0.15, 0.2) is 4.52 Å². The highest BCUT2D eigenvalue weighted by atomic mass is 16.5. The van der Waals surface area contributed by atoms with Gasteiger partial charge in [0.1, 0.15) is 6.10 Å². The van der Waals surface area contributed by atoms with Crippen LogP contribution in [0.1, 0.15) is 30.8 Å². The molecule has 0 spiro atoms. The number of aromatic nitrogens is 2. The van der Waals surface area contributed by atoms with Gasteiger partial charge in [-0.05, 0) is 14.0 Å². The van der Waals surface area contributed by atoms with Gasteiger partial charge < -0.3 is 19.9 Å². The number of rotatable bonds is 2. The Morgan fingerprint density at radius 2 is 2.40 bits per heavy atom. The summed E-state index contributed by atoms with van der Waals surface area (Å²) in [6, 6.07) is -0.229. The minimum Gasteiger partial charge on any atom is -0.367 e. The van der Waals surface area contributed by atoms with E-state index in [4.69, 9.17) is 15.0 Å². The molecule has 2 heterocycles. The second kappa shape index (κ2) is 4.26. The van der Waals surface area contributed by atoms with Crippen LogP contribution in [0.2, 0.25) is 0 Å². The summed E-state index contributed by atoms with van der Waals surface area (Å²) in [5.74, 6) is 1.05. The third kappa shape index (κ3) is 2.34. The van der Waals surface area contributed by atoms with Crippen molar-refractivity contribution in [3.05, 3.63) is 11.7 Å². The molecule has 0 amide bonds. The van der Waals surface area contributed by atoms with Gasteiger partial charge in [-0.3, -0.25) is 0 Å². The average Bonchev–Trinajstić information content (AvgIpc) is 2.66. The summed E-state index contributed by atoms with van der Waals surface area (Å²) in [4.78, 5) is 6.39. The van der Waals surface area contributed by atoms with E-state index >= 15 is 0 Å². The number of likely N-dealkylation sites (N-methyl/N-ethyl adjacent to an activating group) is 1. The largest absolute Gasteiger partial charge is 0.367 e. The lowest BCUT2D eigenvalue weighted by molar-refractivity contribution is -0.0264. The van der Waals surface area contributed by atoms with Crippen molar-refractivity contribution in [1.82, 2.24) is 15.0 Å². The van der Waals surface area contributed by atoms with Gasteiger partial charge in [0.05, 0.1) is 12.6 Å². The Morgan fingerprint density at radius 3 is 3.00 bits per heavy atom. The van der Waals surface area contributed by atoms with E-state index in [-0.39, 0.29) is 12.1 Å². The van der Waals surface area contributed by atoms with Crippen LogP contribution in [0.4, 0.5) is 0 Å². The molecule has 2 rings (SSSR count). The van der Waals surface area contributed by atoms with Crippen LogP contribution in [0.5, 0.6) is 0 Å². The monoisotopic (exact) mass is 212 g/mol. The summed E-state index contributed by atoms with van der Waals surface area (Å²) in [5.41, 5.74) is 5.64. The third-order valence-corrected chi connectivity index (χ3v) is 2.40. The molecule has 1 aromatic rings. The van der Waals surface area contributed by atoms with E-state index in [1.165, 1.54) is 0 Å². The molecule has 15 heavy (non-hydrogen) atoms. The van der Waals surface area contributed by atoms with E-state index < -0.39 is 0 Å². The molecule has 2 N–H and O–H groups in total. The Morgan fingerprint density at radius 1 is 1.60 bits per heavy atom. The smallest absolute Gasteiger partial charge is 0.243 e. The zero-order valence-electron chi connectivity index (χ0n) is 9.01. The fraction of sp³-hybridized carbons (Fsp3) is 0.778. The maximum absolute atomic E-state index is 5.64. The van der Waals surface area contributed by atoms with Gasteiger partial charge in [0.2, 0.25) is 11.7 Å². The lowest BCUT2D eigenvalue weighted by atomic mass is 10.2. The average molecular weight is 212 g/mol. The molecule has 1 aliphatic heterocycles. The fourth-order valence-electron chi connectivity index (χ4n) is 1.50. The van der Waals surface area contributed by atoms with Crippen LogP contribution in [0.3, 0.4) is 0 Å². The standard InChI is InChI=1S/C9H16N4O2/c1-6(10)9-11-8(12-15-9)7-5-13(2)3-4-14-7/h6-7H,3-5,10H2,1-2H3/t6-,7?/m1/s1. The fourth-order valence-corrected chi connectivity index (χ4v) is 1.50. The molecule has 84 valence electrons. The first-order valence-corrected chi connectivity index (χ1v) is 5.06. The molecule has 1 aliphatic rings. The lowest BCUT2D eigenvalue weighted by Gasteiger charge is -2.27. The Balaban J connectivity index is 2.08. The van der Waals surface area contributed by atoms with Crippen molar-refractivity contribution in [2.24, 2.45) is 5.73 Å². The van der Waals surface area contributed by atoms with Crippen molar-refractivity contribution in [3.63, 3.8) is 0 Å². The van der Waals surface area contributed by atoms with Gasteiger partial charge in [0.25, 0.3) is 0 Å². The summed E-state index contributed by atoms with van der Waals surface area (Å²) < 4.78 is 10.6. The molecule has 1 saturated heterocycles. The quantitative estimate of drug-likeness (QED) is 0.748. The molecule has 1 aromatic heterocycles. The van der Waals surface area contributed by atoms with Gasteiger partial charge in [-0.15, -0.1) is 0 Å². The van der Waals surface area contributed by atoms with Crippen LogP contribution < -0.4 is 5.73 Å². The van der Waals surface area contributed by atoms with E-state index in [9.17, 15) is 0 Å². The van der Waals surface area contributed by atoms with Gasteiger partial charge in [0, 0.05) is 13.1 Å². The molecule has 0 aromatic carbocycles. The summed E-state index contributed by atoms with van der Waals surface area (Å²) in [5, 5.41) is 3.88. The van der Waals surface area contributed by atoms with Crippen molar-refractivity contribution in [2.75, 3.05) is 26.7 Å². The van der Waals surface area contributed by atoms with E-state index in [0.717, 1.165) is 13.1 Å². The Kier molecular flexibility index (Phi) is 2.99. The number of morpholine rings is 1. The van der Waals surface area contributed by atoms with E-state index in [1.807, 2.05) is 14.0 Å². The van der Waals surface area contributed by atoms with Crippen molar-refractivity contribution in [1.29, 1.82) is 0 Å². The predicted molar refractivity (Wildman–Crippen MR) is 53.1 cm³/mol. The molecule has 6 heteroatoms. The lowest BCUT2D eigenvalue weighted by Crippen LogP contribution is -2.35. The Labute approximate surface area is 88.4 Å². The minimum absolute atomic E-state index is 0.0972. The highest BCUT2D eigenvalue weighted by molar-refractivity contribution is 4.95. The predicted octanol–water partition coefficient (Wildman–Crippen LogP) is 0.0924. The molecule has 6 nitrogen and oxygen atoms in total. The topological polar surface area (TPSA) is 77.4 Å². The van der Waals surface area contributed by atoms with Crippen molar-refractivity contribution in [2.45, 2.75) is 19.1 Å². The summed E-state index contributed by atoms with van der Waals surface area (Å²) in [6.45, 7) is 4.24. The SMILES string of the molecule is C[C@@H](N)c1nc(C2CN(C)CCO2)no1. The van der Waals surface area contributed by atoms with Crippen LogP contribution in [0, 0.1) is 0 Å². The van der Waals surface area contributed by atoms with Crippen LogP contribution in [0.25, 0.3) is 0 Å². The maximum Gasteiger partial charge on any atom is 0.243 e. The molecule has 0 bridgehead atoms.